The molecule has 2 aliphatic rings. The summed E-state index contributed by atoms with van der Waals surface area (Å²) in [4.78, 5) is 11.0. The maximum atomic E-state index is 4.90. The zero-order valence-electron chi connectivity index (χ0n) is 12.5. The highest BCUT2D eigenvalue weighted by molar-refractivity contribution is 5.19. The Morgan fingerprint density at radius 3 is 3.00 bits per heavy atom. The summed E-state index contributed by atoms with van der Waals surface area (Å²) in [6, 6.07) is 0.422. The molecule has 0 spiro atoms. The highest BCUT2D eigenvalue weighted by atomic mass is 15.4. The third kappa shape index (κ3) is 2.37. The molecule has 21 heavy (non-hydrogen) atoms. The first-order chi connectivity index (χ1) is 10.3. The van der Waals surface area contributed by atoms with Crippen LogP contribution in [-0.2, 0) is 26.4 Å². The Bertz CT molecular complexity index is 604. The Kier molecular flexibility index (Phi) is 3.25. The fourth-order valence-corrected chi connectivity index (χ4v) is 3.62. The molecule has 0 unspecified atom stereocenters. The fraction of sp³-hybridized carbons (Fsp3) is 0.667. The number of H-pyrrole nitrogens is 1. The first-order valence-corrected chi connectivity index (χ1v) is 7.96. The number of nitrogens with zero attached hydrogens (tertiary/aromatic N) is 5. The van der Waals surface area contributed by atoms with E-state index in [1.165, 1.54) is 55.0 Å². The fourth-order valence-electron chi connectivity index (χ4n) is 3.62. The minimum absolute atomic E-state index is 0.422. The monoisotopic (exact) mass is 286 g/mol. The molecule has 1 fully saturated rings. The van der Waals surface area contributed by atoms with Crippen molar-refractivity contribution in [1.29, 1.82) is 0 Å². The zero-order chi connectivity index (χ0) is 14.2. The Hall–Kier alpha value is -1.69. The van der Waals surface area contributed by atoms with Gasteiger partial charge in [-0.1, -0.05) is 5.21 Å². The van der Waals surface area contributed by atoms with Crippen molar-refractivity contribution in [1.82, 2.24) is 29.9 Å². The van der Waals surface area contributed by atoms with Gasteiger partial charge in [-0.15, -0.1) is 5.10 Å². The van der Waals surface area contributed by atoms with Crippen molar-refractivity contribution in [2.75, 3.05) is 6.54 Å². The average Bonchev–Trinajstić information content (AvgIpc) is 3.19. The molecule has 112 valence electrons. The van der Waals surface area contributed by atoms with E-state index < -0.39 is 0 Å². The topological polar surface area (TPSA) is 62.6 Å². The second-order valence-electron chi connectivity index (χ2n) is 6.23. The maximum Gasteiger partial charge on any atom is 0.124 e. The van der Waals surface area contributed by atoms with Gasteiger partial charge in [-0.2, -0.15) is 0 Å². The SMILES string of the molecule is Cn1nncc1CN1CCC[C@@H]1c1nc2c([nH]1)CCCC2. The van der Waals surface area contributed by atoms with E-state index in [4.69, 9.17) is 4.98 Å². The molecule has 0 aromatic carbocycles. The number of imidazole rings is 1. The van der Waals surface area contributed by atoms with E-state index >= 15 is 0 Å². The van der Waals surface area contributed by atoms with E-state index in [0.717, 1.165) is 19.5 Å². The smallest absolute Gasteiger partial charge is 0.124 e. The van der Waals surface area contributed by atoms with Crippen LogP contribution < -0.4 is 0 Å². The standard InChI is InChI=1S/C15H22N6/c1-20-11(9-16-19-20)10-21-8-4-7-14(21)15-17-12-5-2-3-6-13(12)18-15/h9,14H,2-8,10H2,1H3,(H,17,18)/t14-/m1/s1. The lowest BCUT2D eigenvalue weighted by molar-refractivity contribution is 0.234. The minimum Gasteiger partial charge on any atom is -0.344 e. The lowest BCUT2D eigenvalue weighted by Gasteiger charge is -2.22. The lowest BCUT2D eigenvalue weighted by atomic mass is 10.0. The molecule has 2 aromatic heterocycles. The third-order valence-corrected chi connectivity index (χ3v) is 4.83. The number of aromatic nitrogens is 5. The number of aryl methyl sites for hydroxylation is 3. The van der Waals surface area contributed by atoms with Crippen molar-refractivity contribution in [2.24, 2.45) is 7.05 Å². The van der Waals surface area contributed by atoms with Gasteiger partial charge in [0.15, 0.2) is 0 Å². The van der Waals surface area contributed by atoms with Gasteiger partial charge in [-0.25, -0.2) is 4.98 Å². The van der Waals surface area contributed by atoms with Gasteiger partial charge in [0.25, 0.3) is 0 Å². The molecule has 2 aromatic rings. The Morgan fingerprint density at radius 2 is 2.19 bits per heavy atom. The number of fused-ring (bicyclic) bond motifs is 1. The number of aromatic amines is 1. The molecule has 1 aliphatic heterocycles. The van der Waals surface area contributed by atoms with E-state index in [2.05, 4.69) is 20.2 Å². The summed E-state index contributed by atoms with van der Waals surface area (Å²) in [6.45, 7) is 2.03. The van der Waals surface area contributed by atoms with Gasteiger partial charge >= 0.3 is 0 Å². The average molecular weight is 286 g/mol. The van der Waals surface area contributed by atoms with Crippen LogP contribution in [-0.4, -0.2) is 36.4 Å². The normalized spacial score (nSPS) is 22.6. The summed E-state index contributed by atoms with van der Waals surface area (Å²) in [5, 5.41) is 8.00. The number of rotatable bonds is 3. The van der Waals surface area contributed by atoms with E-state index in [1.807, 2.05) is 17.9 Å². The summed E-state index contributed by atoms with van der Waals surface area (Å²) in [5.74, 6) is 1.18. The van der Waals surface area contributed by atoms with Gasteiger partial charge in [0.05, 0.1) is 23.6 Å². The molecule has 6 nitrogen and oxygen atoms in total. The second kappa shape index (κ2) is 5.26. The van der Waals surface area contributed by atoms with Crippen LogP contribution in [0.5, 0.6) is 0 Å². The zero-order valence-corrected chi connectivity index (χ0v) is 12.5. The summed E-state index contributed by atoms with van der Waals surface area (Å²) in [5.41, 5.74) is 3.86. The molecule has 0 amide bonds. The maximum absolute atomic E-state index is 4.90. The molecule has 6 heteroatoms. The molecular formula is C15H22N6. The van der Waals surface area contributed by atoms with Crippen molar-refractivity contribution in [3.05, 3.63) is 29.1 Å². The summed E-state index contributed by atoms with van der Waals surface area (Å²) in [6.07, 6.45) is 9.18. The van der Waals surface area contributed by atoms with Crippen molar-refractivity contribution in [3.63, 3.8) is 0 Å². The van der Waals surface area contributed by atoms with Crippen LogP contribution in [0.4, 0.5) is 0 Å². The van der Waals surface area contributed by atoms with Gasteiger partial charge in [0.1, 0.15) is 5.82 Å². The first-order valence-electron chi connectivity index (χ1n) is 7.96. The lowest BCUT2D eigenvalue weighted by Crippen LogP contribution is -2.24. The number of hydrogen-bond acceptors (Lipinski definition) is 4. The first kappa shape index (κ1) is 13.0. The Balaban J connectivity index is 1.56. The van der Waals surface area contributed by atoms with E-state index in [1.54, 1.807) is 0 Å². The van der Waals surface area contributed by atoms with Gasteiger partial charge in [-0.05, 0) is 45.1 Å². The van der Waals surface area contributed by atoms with Gasteiger partial charge in [0, 0.05) is 19.3 Å². The molecule has 1 N–H and O–H groups in total. The molecule has 1 aliphatic carbocycles. The number of nitrogens with one attached hydrogen (secondary N) is 1. The Morgan fingerprint density at radius 1 is 1.29 bits per heavy atom. The van der Waals surface area contributed by atoms with Crippen LogP contribution in [0.3, 0.4) is 0 Å². The Labute approximate surface area is 124 Å². The molecule has 0 saturated carbocycles. The predicted molar refractivity (Wildman–Crippen MR) is 78.6 cm³/mol. The molecule has 0 radical (unpaired) electrons. The molecule has 0 bridgehead atoms. The van der Waals surface area contributed by atoms with E-state index in [9.17, 15) is 0 Å². The van der Waals surface area contributed by atoms with Crippen LogP contribution in [0.1, 0.15) is 54.6 Å². The van der Waals surface area contributed by atoms with E-state index in [-0.39, 0.29) is 0 Å². The van der Waals surface area contributed by atoms with Gasteiger partial charge < -0.3 is 4.98 Å². The summed E-state index contributed by atoms with van der Waals surface area (Å²) in [7, 11) is 1.96. The molecule has 1 saturated heterocycles. The van der Waals surface area contributed by atoms with E-state index in [0.29, 0.717) is 6.04 Å². The number of likely N-dealkylation sites (tertiary alicyclic amines) is 1. The van der Waals surface area contributed by atoms with Crippen LogP contribution in [0, 0.1) is 0 Å². The van der Waals surface area contributed by atoms with Crippen molar-refractivity contribution < 1.29 is 0 Å². The van der Waals surface area contributed by atoms with Crippen LogP contribution in [0.25, 0.3) is 0 Å². The van der Waals surface area contributed by atoms with Crippen molar-refractivity contribution in [3.8, 4) is 0 Å². The summed E-state index contributed by atoms with van der Waals surface area (Å²) >= 11 is 0. The predicted octanol–water partition coefficient (Wildman–Crippen LogP) is 1.75. The molecular weight excluding hydrogens is 264 g/mol. The summed E-state index contributed by atoms with van der Waals surface area (Å²) < 4.78 is 1.86. The quantitative estimate of drug-likeness (QED) is 0.934. The number of hydrogen-bond donors (Lipinski definition) is 1. The molecule has 4 rings (SSSR count). The van der Waals surface area contributed by atoms with Crippen LogP contribution in [0.2, 0.25) is 0 Å². The van der Waals surface area contributed by atoms with Crippen LogP contribution in [0.15, 0.2) is 6.20 Å². The minimum atomic E-state index is 0.422. The van der Waals surface area contributed by atoms with Crippen LogP contribution >= 0.6 is 0 Å². The third-order valence-electron chi connectivity index (χ3n) is 4.83. The largest absolute Gasteiger partial charge is 0.344 e. The van der Waals surface area contributed by atoms with Crippen molar-refractivity contribution in [2.45, 2.75) is 51.1 Å². The second-order valence-corrected chi connectivity index (χ2v) is 6.23. The van der Waals surface area contributed by atoms with Crippen molar-refractivity contribution >= 4 is 0 Å². The van der Waals surface area contributed by atoms with Gasteiger partial charge in [-0.3, -0.25) is 9.58 Å². The van der Waals surface area contributed by atoms with Gasteiger partial charge in [0.2, 0.25) is 0 Å². The highest BCUT2D eigenvalue weighted by Gasteiger charge is 2.30. The molecule has 3 heterocycles. The molecule has 1 atom stereocenters. The highest BCUT2D eigenvalue weighted by Crippen LogP contribution is 2.33.